The van der Waals surface area contributed by atoms with Gasteiger partial charge < -0.3 is 19.3 Å². The monoisotopic (exact) mass is 477 g/mol. The number of aldehydes is 1. The summed E-state index contributed by atoms with van der Waals surface area (Å²) in [6, 6.07) is 15.7. The smallest absolute Gasteiger partial charge is 0.327 e. The highest BCUT2D eigenvalue weighted by Crippen LogP contribution is 2.39. The second-order valence-corrected chi connectivity index (χ2v) is 9.90. The van der Waals surface area contributed by atoms with Crippen molar-refractivity contribution in [3.63, 3.8) is 0 Å². The van der Waals surface area contributed by atoms with E-state index in [-0.39, 0.29) is 17.9 Å². The van der Waals surface area contributed by atoms with E-state index in [1.165, 1.54) is 4.90 Å². The molecule has 2 saturated heterocycles. The Balaban J connectivity index is 1.53. The Labute approximate surface area is 207 Å². The van der Waals surface area contributed by atoms with Crippen LogP contribution in [-0.2, 0) is 22.4 Å². The molecule has 2 aromatic rings. The lowest BCUT2D eigenvalue weighted by Crippen LogP contribution is -2.57. The molecule has 0 unspecified atom stereocenters. The summed E-state index contributed by atoms with van der Waals surface area (Å²) in [5.41, 5.74) is 2.34. The van der Waals surface area contributed by atoms with Crippen LogP contribution < -0.4 is 9.64 Å². The van der Waals surface area contributed by atoms with Crippen molar-refractivity contribution in [2.24, 2.45) is 5.92 Å². The molecule has 2 heterocycles. The summed E-state index contributed by atoms with van der Waals surface area (Å²) < 4.78 is 5.25. The van der Waals surface area contributed by atoms with Crippen LogP contribution >= 0.6 is 0 Å². The Bertz CT molecular complexity index is 1060. The van der Waals surface area contributed by atoms with Gasteiger partial charge in [-0.2, -0.15) is 0 Å². The van der Waals surface area contributed by atoms with Crippen LogP contribution in [0.2, 0.25) is 0 Å². The molecule has 0 saturated carbocycles. The van der Waals surface area contributed by atoms with E-state index in [4.69, 9.17) is 4.74 Å². The van der Waals surface area contributed by atoms with Crippen molar-refractivity contribution < 1.29 is 19.1 Å². The number of methoxy groups -OCH3 is 1. The fraction of sp³-hybridized carbons (Fsp3) is 0.464. The standard InChI is InChI=1S/C28H35N3O4/c1-21(2)20-30-26(33)28(31(27(30)34)15-11-22-7-9-25(35-3)10-8-22)13-16-29(17-14-28)24-6-4-5-23(19-24)12-18-32/h4-10,18-19,21H,11-17,20H2,1-3H3. The summed E-state index contributed by atoms with van der Waals surface area (Å²) in [6.45, 7) is 6.36. The molecule has 0 aromatic heterocycles. The molecule has 0 bridgehead atoms. The molecule has 3 amide bonds. The van der Waals surface area contributed by atoms with Crippen molar-refractivity contribution in [3.8, 4) is 5.75 Å². The van der Waals surface area contributed by atoms with Gasteiger partial charge in [0.1, 0.15) is 17.6 Å². The van der Waals surface area contributed by atoms with E-state index in [1.54, 1.807) is 7.11 Å². The second kappa shape index (κ2) is 10.5. The fourth-order valence-electron chi connectivity index (χ4n) is 5.25. The van der Waals surface area contributed by atoms with Gasteiger partial charge in [-0.05, 0) is 60.6 Å². The summed E-state index contributed by atoms with van der Waals surface area (Å²) in [7, 11) is 1.64. The van der Waals surface area contributed by atoms with Gasteiger partial charge in [0, 0.05) is 38.3 Å². The Hall–Kier alpha value is -3.35. The number of ether oxygens (including phenoxy) is 1. The lowest BCUT2D eigenvalue weighted by Gasteiger charge is -2.43. The molecule has 2 aliphatic heterocycles. The van der Waals surface area contributed by atoms with Crippen LogP contribution in [-0.4, -0.2) is 66.9 Å². The summed E-state index contributed by atoms with van der Waals surface area (Å²) in [4.78, 5) is 43.7. The van der Waals surface area contributed by atoms with Crippen molar-refractivity contribution in [2.75, 3.05) is 38.2 Å². The number of urea groups is 1. The molecule has 2 aromatic carbocycles. The first kappa shape index (κ1) is 24.8. The number of benzene rings is 2. The summed E-state index contributed by atoms with van der Waals surface area (Å²) in [5.74, 6) is 0.952. The number of carbonyl (C=O) groups is 3. The van der Waals surface area contributed by atoms with E-state index in [2.05, 4.69) is 4.90 Å². The zero-order valence-electron chi connectivity index (χ0n) is 20.9. The van der Waals surface area contributed by atoms with Crippen LogP contribution in [0.1, 0.15) is 37.8 Å². The Morgan fingerprint density at radius 1 is 1.03 bits per heavy atom. The van der Waals surface area contributed by atoms with Crippen LogP contribution in [0.15, 0.2) is 48.5 Å². The average Bonchev–Trinajstić information content (AvgIpc) is 3.04. The van der Waals surface area contributed by atoms with Crippen molar-refractivity contribution in [1.29, 1.82) is 0 Å². The number of piperidine rings is 1. The molecule has 0 atom stereocenters. The van der Waals surface area contributed by atoms with Crippen LogP contribution in [0, 0.1) is 5.92 Å². The molecule has 35 heavy (non-hydrogen) atoms. The van der Waals surface area contributed by atoms with Crippen molar-refractivity contribution in [3.05, 3.63) is 59.7 Å². The number of hydrogen-bond acceptors (Lipinski definition) is 5. The topological polar surface area (TPSA) is 70.2 Å². The average molecular weight is 478 g/mol. The molecule has 2 aliphatic rings. The third kappa shape index (κ3) is 5.04. The Morgan fingerprint density at radius 3 is 2.37 bits per heavy atom. The zero-order chi connectivity index (χ0) is 25.0. The minimum absolute atomic E-state index is 0.0553. The van der Waals surface area contributed by atoms with Gasteiger partial charge in [-0.1, -0.05) is 38.1 Å². The van der Waals surface area contributed by atoms with Gasteiger partial charge in [0.05, 0.1) is 7.11 Å². The predicted molar refractivity (Wildman–Crippen MR) is 136 cm³/mol. The first-order valence-electron chi connectivity index (χ1n) is 12.4. The highest BCUT2D eigenvalue weighted by molar-refractivity contribution is 6.07. The largest absolute Gasteiger partial charge is 0.497 e. The number of carbonyl (C=O) groups excluding carboxylic acids is 3. The maximum absolute atomic E-state index is 13.7. The number of imide groups is 1. The van der Waals surface area contributed by atoms with Crippen LogP contribution in [0.3, 0.4) is 0 Å². The molecule has 0 N–H and O–H groups in total. The summed E-state index contributed by atoms with van der Waals surface area (Å²) >= 11 is 0. The van der Waals surface area contributed by atoms with Crippen LogP contribution in [0.5, 0.6) is 5.75 Å². The van der Waals surface area contributed by atoms with E-state index in [1.807, 2.05) is 67.3 Å². The molecule has 0 radical (unpaired) electrons. The third-order valence-corrected chi connectivity index (χ3v) is 7.14. The highest BCUT2D eigenvalue weighted by Gasteiger charge is 2.57. The van der Waals surface area contributed by atoms with Gasteiger partial charge in [-0.3, -0.25) is 9.69 Å². The zero-order valence-corrected chi connectivity index (χ0v) is 20.9. The minimum atomic E-state index is -0.796. The summed E-state index contributed by atoms with van der Waals surface area (Å²) in [5, 5.41) is 0. The van der Waals surface area contributed by atoms with Gasteiger partial charge >= 0.3 is 6.03 Å². The molecule has 1 spiro atoms. The van der Waals surface area contributed by atoms with E-state index < -0.39 is 5.54 Å². The SMILES string of the molecule is COc1ccc(CCN2C(=O)N(CC(C)C)C(=O)C23CCN(c2cccc(CC=O)c2)CC3)cc1. The Morgan fingerprint density at radius 2 is 1.74 bits per heavy atom. The molecular weight excluding hydrogens is 442 g/mol. The van der Waals surface area contributed by atoms with E-state index in [0.717, 1.165) is 28.8 Å². The fourth-order valence-corrected chi connectivity index (χ4v) is 5.25. The maximum atomic E-state index is 13.7. The Kier molecular flexibility index (Phi) is 7.43. The lowest BCUT2D eigenvalue weighted by molar-refractivity contribution is -0.134. The van der Waals surface area contributed by atoms with Gasteiger partial charge in [-0.25, -0.2) is 4.79 Å². The molecule has 7 nitrogen and oxygen atoms in total. The third-order valence-electron chi connectivity index (χ3n) is 7.14. The number of rotatable bonds is 9. The van der Waals surface area contributed by atoms with E-state index >= 15 is 0 Å². The van der Waals surface area contributed by atoms with E-state index in [9.17, 15) is 14.4 Å². The number of amides is 3. The first-order valence-corrected chi connectivity index (χ1v) is 12.4. The number of anilines is 1. The molecule has 7 heteroatoms. The van der Waals surface area contributed by atoms with E-state index in [0.29, 0.717) is 51.9 Å². The van der Waals surface area contributed by atoms with Crippen LogP contribution in [0.4, 0.5) is 10.5 Å². The maximum Gasteiger partial charge on any atom is 0.327 e. The second-order valence-electron chi connectivity index (χ2n) is 9.90. The van der Waals surface area contributed by atoms with Gasteiger partial charge in [-0.15, -0.1) is 0 Å². The molecule has 4 rings (SSSR count). The highest BCUT2D eigenvalue weighted by atomic mass is 16.5. The predicted octanol–water partition coefficient (Wildman–Crippen LogP) is 3.94. The molecule has 0 aliphatic carbocycles. The van der Waals surface area contributed by atoms with Crippen LogP contribution in [0.25, 0.3) is 0 Å². The van der Waals surface area contributed by atoms with Crippen molar-refractivity contribution >= 4 is 23.9 Å². The molecule has 2 fully saturated rings. The van der Waals surface area contributed by atoms with Gasteiger partial charge in [0.15, 0.2) is 0 Å². The number of nitrogens with zero attached hydrogens (tertiary/aromatic N) is 3. The quantitative estimate of drug-likeness (QED) is 0.404. The first-order chi connectivity index (χ1) is 16.9. The minimum Gasteiger partial charge on any atom is -0.497 e. The molecular formula is C28H35N3O4. The van der Waals surface area contributed by atoms with Crippen molar-refractivity contribution in [1.82, 2.24) is 9.80 Å². The lowest BCUT2D eigenvalue weighted by atomic mass is 9.85. The van der Waals surface area contributed by atoms with Gasteiger partial charge in [0.25, 0.3) is 5.91 Å². The summed E-state index contributed by atoms with van der Waals surface area (Å²) in [6.07, 6.45) is 3.16. The number of hydrogen-bond donors (Lipinski definition) is 0. The van der Waals surface area contributed by atoms with Gasteiger partial charge in [0.2, 0.25) is 0 Å². The van der Waals surface area contributed by atoms with Crippen molar-refractivity contribution in [2.45, 2.75) is 45.1 Å². The normalized spacial score (nSPS) is 17.5. The molecule has 186 valence electrons.